The third kappa shape index (κ3) is 2.14. The van der Waals surface area contributed by atoms with Gasteiger partial charge in [0, 0.05) is 11.8 Å². The molecule has 15 heavy (non-hydrogen) atoms. The van der Waals surface area contributed by atoms with Gasteiger partial charge in [-0.05, 0) is 6.07 Å². The fourth-order valence-electron chi connectivity index (χ4n) is 0.970. The van der Waals surface area contributed by atoms with E-state index in [0.717, 1.165) is 0 Å². The van der Waals surface area contributed by atoms with Crippen LogP contribution in [-0.2, 0) is 6.18 Å². The third-order valence-electron chi connectivity index (χ3n) is 1.58. The SMILES string of the molecule is Nc1cc([N+](=O)[O-])c(F)c(C(F)(F)F)c1. The maximum Gasteiger partial charge on any atom is 0.419 e. The van der Waals surface area contributed by atoms with Crippen LogP contribution in [0, 0.1) is 15.9 Å². The number of alkyl halides is 3. The summed E-state index contributed by atoms with van der Waals surface area (Å²) in [4.78, 5) is 8.93. The lowest BCUT2D eigenvalue weighted by Gasteiger charge is -2.08. The predicted molar refractivity (Wildman–Crippen MR) is 42.5 cm³/mol. The summed E-state index contributed by atoms with van der Waals surface area (Å²) in [6.45, 7) is 0. The highest BCUT2D eigenvalue weighted by atomic mass is 19.4. The largest absolute Gasteiger partial charge is 0.419 e. The number of nitrogen functional groups attached to an aromatic ring is 1. The van der Waals surface area contributed by atoms with Crippen LogP contribution in [0.25, 0.3) is 0 Å². The second-order valence-corrected chi connectivity index (χ2v) is 2.66. The van der Waals surface area contributed by atoms with Crippen molar-refractivity contribution >= 4 is 11.4 Å². The Labute approximate surface area is 80.5 Å². The summed E-state index contributed by atoms with van der Waals surface area (Å²) in [6.07, 6.45) is -5.01. The summed E-state index contributed by atoms with van der Waals surface area (Å²) in [5.74, 6) is -1.93. The van der Waals surface area contributed by atoms with E-state index in [1.807, 2.05) is 0 Å². The molecule has 0 spiro atoms. The normalized spacial score (nSPS) is 11.5. The average Bonchev–Trinajstić information content (AvgIpc) is 2.06. The van der Waals surface area contributed by atoms with Crippen LogP contribution in [0.5, 0.6) is 0 Å². The first-order valence-electron chi connectivity index (χ1n) is 3.54. The Morgan fingerprint density at radius 1 is 1.33 bits per heavy atom. The molecule has 0 aliphatic carbocycles. The molecule has 0 amide bonds. The molecule has 0 unspecified atom stereocenters. The number of nitrogens with two attached hydrogens (primary N) is 1. The number of rotatable bonds is 1. The zero-order valence-electron chi connectivity index (χ0n) is 7.01. The molecule has 1 rings (SSSR count). The molecule has 0 saturated heterocycles. The summed E-state index contributed by atoms with van der Waals surface area (Å²) in [5, 5.41) is 10.2. The van der Waals surface area contributed by atoms with Gasteiger partial charge in [-0.1, -0.05) is 0 Å². The number of hydrogen-bond donors (Lipinski definition) is 1. The van der Waals surface area contributed by atoms with Gasteiger partial charge in [0.05, 0.1) is 4.92 Å². The van der Waals surface area contributed by atoms with Crippen molar-refractivity contribution in [3.05, 3.63) is 33.6 Å². The van der Waals surface area contributed by atoms with Crippen molar-refractivity contribution < 1.29 is 22.5 Å². The lowest BCUT2D eigenvalue weighted by Crippen LogP contribution is -2.10. The molecular weight excluding hydrogens is 220 g/mol. The number of nitro benzene ring substituents is 1. The van der Waals surface area contributed by atoms with Crippen LogP contribution < -0.4 is 5.73 Å². The zero-order valence-corrected chi connectivity index (χ0v) is 7.01. The van der Waals surface area contributed by atoms with Crippen LogP contribution >= 0.6 is 0 Å². The Balaban J connectivity index is 3.49. The quantitative estimate of drug-likeness (QED) is 0.344. The van der Waals surface area contributed by atoms with E-state index in [9.17, 15) is 27.7 Å². The summed E-state index contributed by atoms with van der Waals surface area (Å²) >= 11 is 0. The van der Waals surface area contributed by atoms with Crippen LogP contribution in [-0.4, -0.2) is 4.92 Å². The molecule has 0 aliphatic heterocycles. The van der Waals surface area contributed by atoms with Crippen molar-refractivity contribution in [1.82, 2.24) is 0 Å². The van der Waals surface area contributed by atoms with E-state index in [-0.39, 0.29) is 0 Å². The van der Waals surface area contributed by atoms with Gasteiger partial charge in [0.1, 0.15) is 5.56 Å². The van der Waals surface area contributed by atoms with Crippen LogP contribution in [0.1, 0.15) is 5.56 Å². The van der Waals surface area contributed by atoms with Gasteiger partial charge in [-0.15, -0.1) is 0 Å². The summed E-state index contributed by atoms with van der Waals surface area (Å²) in [7, 11) is 0. The van der Waals surface area contributed by atoms with Crippen molar-refractivity contribution in [3.8, 4) is 0 Å². The Kier molecular flexibility index (Phi) is 2.52. The predicted octanol–water partition coefficient (Wildman–Crippen LogP) is 2.33. The van der Waals surface area contributed by atoms with Gasteiger partial charge in [-0.2, -0.15) is 17.6 Å². The molecule has 0 radical (unpaired) electrons. The van der Waals surface area contributed by atoms with Crippen molar-refractivity contribution in [3.63, 3.8) is 0 Å². The van der Waals surface area contributed by atoms with E-state index in [2.05, 4.69) is 0 Å². The van der Waals surface area contributed by atoms with Crippen LogP contribution in [0.15, 0.2) is 12.1 Å². The van der Waals surface area contributed by atoms with Crippen molar-refractivity contribution in [1.29, 1.82) is 0 Å². The fraction of sp³-hybridized carbons (Fsp3) is 0.143. The second kappa shape index (κ2) is 3.37. The van der Waals surface area contributed by atoms with E-state index < -0.39 is 33.9 Å². The molecule has 2 N–H and O–H groups in total. The Morgan fingerprint density at radius 2 is 1.87 bits per heavy atom. The molecule has 0 aromatic heterocycles. The molecule has 0 heterocycles. The van der Waals surface area contributed by atoms with E-state index in [1.165, 1.54) is 0 Å². The maximum absolute atomic E-state index is 13.0. The zero-order chi connectivity index (χ0) is 11.8. The van der Waals surface area contributed by atoms with E-state index in [1.54, 1.807) is 0 Å². The lowest BCUT2D eigenvalue weighted by molar-refractivity contribution is -0.387. The third-order valence-corrected chi connectivity index (χ3v) is 1.58. The topological polar surface area (TPSA) is 69.2 Å². The first-order valence-corrected chi connectivity index (χ1v) is 3.54. The average molecular weight is 224 g/mol. The summed E-state index contributed by atoms with van der Waals surface area (Å²) in [6, 6.07) is 0.840. The van der Waals surface area contributed by atoms with Crippen molar-refractivity contribution in [2.24, 2.45) is 0 Å². The molecule has 0 aliphatic rings. The van der Waals surface area contributed by atoms with Gasteiger partial charge in [0.15, 0.2) is 0 Å². The molecule has 0 saturated carbocycles. The van der Waals surface area contributed by atoms with Crippen molar-refractivity contribution in [2.45, 2.75) is 6.18 Å². The number of hydrogen-bond acceptors (Lipinski definition) is 3. The first-order chi connectivity index (χ1) is 6.73. The number of nitrogens with zero attached hydrogens (tertiary/aromatic N) is 1. The van der Waals surface area contributed by atoms with Gasteiger partial charge >= 0.3 is 11.9 Å². The minimum absolute atomic E-state index is 0.308. The number of nitro groups is 1. The highest BCUT2D eigenvalue weighted by Crippen LogP contribution is 2.36. The molecule has 0 fully saturated rings. The van der Waals surface area contributed by atoms with Gasteiger partial charge in [0.2, 0.25) is 5.82 Å². The summed E-state index contributed by atoms with van der Waals surface area (Å²) < 4.78 is 49.4. The van der Waals surface area contributed by atoms with Crippen molar-refractivity contribution in [2.75, 3.05) is 5.73 Å². The molecule has 82 valence electrons. The standard InChI is InChI=1S/C7H4F4N2O2/c8-6-4(7(9,10)11)1-3(12)2-5(6)13(14)15/h1-2H,12H2. The molecular formula is C7H4F4N2O2. The monoisotopic (exact) mass is 224 g/mol. The molecule has 1 aromatic rings. The molecule has 1 aromatic carbocycles. The number of halogens is 4. The smallest absolute Gasteiger partial charge is 0.399 e. The maximum atomic E-state index is 13.0. The fourth-order valence-corrected chi connectivity index (χ4v) is 0.970. The molecule has 8 heteroatoms. The van der Waals surface area contributed by atoms with Crippen LogP contribution in [0.3, 0.4) is 0 Å². The van der Waals surface area contributed by atoms with E-state index in [4.69, 9.17) is 5.73 Å². The van der Waals surface area contributed by atoms with Gasteiger partial charge in [-0.3, -0.25) is 10.1 Å². The van der Waals surface area contributed by atoms with Gasteiger partial charge in [0.25, 0.3) is 0 Å². The highest BCUT2D eigenvalue weighted by molar-refractivity contribution is 5.52. The van der Waals surface area contributed by atoms with E-state index in [0.29, 0.717) is 12.1 Å². The Hall–Kier alpha value is -1.86. The minimum Gasteiger partial charge on any atom is -0.399 e. The first kappa shape index (κ1) is 11.2. The highest BCUT2D eigenvalue weighted by Gasteiger charge is 2.37. The van der Waals surface area contributed by atoms with E-state index >= 15 is 0 Å². The number of anilines is 1. The Bertz CT molecular complexity index is 416. The molecule has 4 nitrogen and oxygen atoms in total. The minimum atomic E-state index is -5.01. The molecule has 0 bridgehead atoms. The molecule has 0 atom stereocenters. The van der Waals surface area contributed by atoms with Gasteiger partial charge in [-0.25, -0.2) is 0 Å². The lowest BCUT2D eigenvalue weighted by atomic mass is 10.1. The second-order valence-electron chi connectivity index (χ2n) is 2.66. The van der Waals surface area contributed by atoms with Crippen LogP contribution in [0.2, 0.25) is 0 Å². The van der Waals surface area contributed by atoms with Crippen LogP contribution in [0.4, 0.5) is 28.9 Å². The Morgan fingerprint density at radius 3 is 2.27 bits per heavy atom. The van der Waals surface area contributed by atoms with Gasteiger partial charge < -0.3 is 5.73 Å². The number of benzene rings is 1. The summed E-state index contributed by atoms with van der Waals surface area (Å²) in [5.41, 5.74) is 1.44.